The smallest absolute Gasteiger partial charge is 0.251 e. The Morgan fingerprint density at radius 1 is 1.13 bits per heavy atom. The predicted molar refractivity (Wildman–Crippen MR) is 115 cm³/mol. The van der Waals surface area contributed by atoms with Gasteiger partial charge in [-0.3, -0.25) is 9.59 Å². The Morgan fingerprint density at radius 2 is 1.70 bits per heavy atom. The average molecular weight is 429 g/mol. The number of nitrogens with zero attached hydrogens (tertiary/aromatic N) is 1. The molecule has 0 radical (unpaired) electrons. The fourth-order valence-electron chi connectivity index (χ4n) is 3.35. The highest BCUT2D eigenvalue weighted by Gasteiger charge is 2.35. The molecule has 1 aliphatic rings. The molecule has 30 heavy (non-hydrogen) atoms. The van der Waals surface area contributed by atoms with Crippen LogP contribution < -0.4 is 5.32 Å². The number of allylic oxidation sites excluding steroid dienone is 1. The third-order valence-electron chi connectivity index (χ3n) is 5.30. The summed E-state index contributed by atoms with van der Waals surface area (Å²) in [6, 6.07) is 0. The molecule has 0 aromatic rings. The number of carbonyl (C=O) groups is 2. The lowest BCUT2D eigenvalue weighted by Gasteiger charge is -2.33. The first kappa shape index (κ1) is 26.6. The molecule has 1 fully saturated rings. The average Bonchev–Trinajstić information content (AvgIpc) is 2.69. The van der Waals surface area contributed by atoms with Gasteiger partial charge in [0.2, 0.25) is 5.91 Å². The molecule has 1 heterocycles. The van der Waals surface area contributed by atoms with E-state index in [-0.39, 0.29) is 23.2 Å². The Hall–Kier alpha value is -1.48. The summed E-state index contributed by atoms with van der Waals surface area (Å²) < 4.78 is 5.10. The van der Waals surface area contributed by atoms with Gasteiger partial charge in [0.1, 0.15) is 18.3 Å². The molecule has 1 saturated heterocycles. The van der Waals surface area contributed by atoms with Gasteiger partial charge in [0, 0.05) is 32.7 Å². The van der Waals surface area contributed by atoms with Gasteiger partial charge in [-0.15, -0.1) is 0 Å². The number of likely N-dealkylation sites (tertiary alicyclic amines) is 1. The molecule has 2 amide bonds. The van der Waals surface area contributed by atoms with Crippen LogP contribution in [-0.4, -0.2) is 83.2 Å². The van der Waals surface area contributed by atoms with E-state index in [9.17, 15) is 24.9 Å². The van der Waals surface area contributed by atoms with Crippen LogP contribution in [0, 0.1) is 17.3 Å². The van der Waals surface area contributed by atoms with E-state index < -0.39 is 30.3 Å². The number of amides is 2. The first-order valence-electron chi connectivity index (χ1n) is 10.7. The van der Waals surface area contributed by atoms with Gasteiger partial charge in [-0.2, -0.15) is 0 Å². The summed E-state index contributed by atoms with van der Waals surface area (Å²) in [4.78, 5) is 26.4. The molecule has 0 aliphatic carbocycles. The number of hydrogen-bond acceptors (Lipinski definition) is 6. The largest absolute Gasteiger partial charge is 0.387 e. The number of hydrogen-bond donors (Lipinski definition) is 4. The number of aliphatic hydroxyl groups excluding tert-OH is 3. The minimum absolute atomic E-state index is 0.0229. The summed E-state index contributed by atoms with van der Waals surface area (Å²) in [7, 11) is 1.27. The Morgan fingerprint density at radius 3 is 2.17 bits per heavy atom. The number of carbonyl (C=O) groups excluding carboxylic acids is 2. The van der Waals surface area contributed by atoms with E-state index in [4.69, 9.17) is 4.74 Å². The van der Waals surface area contributed by atoms with Crippen molar-refractivity contribution in [3.8, 4) is 0 Å². The maximum Gasteiger partial charge on any atom is 0.251 e. The quantitative estimate of drug-likeness (QED) is 0.401. The van der Waals surface area contributed by atoms with E-state index in [1.165, 1.54) is 13.2 Å². The second kappa shape index (κ2) is 11.8. The van der Waals surface area contributed by atoms with E-state index in [2.05, 4.69) is 5.32 Å². The SMILES string of the molecule is CO[C@@H](C(=O)NCC1CCN(C(=O)C(C)C)CC1)[C@H](O)[C@@H](O)[C@H](O)/C=C/C(C)(C)C. The van der Waals surface area contributed by atoms with Gasteiger partial charge in [-0.25, -0.2) is 0 Å². The van der Waals surface area contributed by atoms with E-state index in [0.717, 1.165) is 12.8 Å². The number of ether oxygens (including phenoxy) is 1. The standard InChI is InChI=1S/C22H40N2O6/c1-14(2)21(29)24-11-8-15(9-12-24)13-23-20(28)19(30-6)18(27)17(26)16(25)7-10-22(3,4)5/h7,10,14-19,25-27H,8-9,11-13H2,1-6H3,(H,23,28)/b10-7+/t16-,17+,18-,19-/m1/s1. The van der Waals surface area contributed by atoms with Gasteiger partial charge in [-0.05, 0) is 24.2 Å². The number of nitrogens with one attached hydrogen (secondary N) is 1. The van der Waals surface area contributed by atoms with Crippen LogP contribution in [0.25, 0.3) is 0 Å². The highest BCUT2D eigenvalue weighted by atomic mass is 16.5. The number of aliphatic hydroxyl groups is 3. The van der Waals surface area contributed by atoms with Crippen LogP contribution >= 0.6 is 0 Å². The normalized spacial score (nSPS) is 20.3. The van der Waals surface area contributed by atoms with Crippen molar-refractivity contribution in [3.63, 3.8) is 0 Å². The molecule has 0 saturated carbocycles. The molecule has 4 atom stereocenters. The van der Waals surface area contributed by atoms with Gasteiger partial charge < -0.3 is 30.3 Å². The molecule has 1 aliphatic heterocycles. The third-order valence-corrected chi connectivity index (χ3v) is 5.30. The van der Waals surface area contributed by atoms with Crippen molar-refractivity contribution in [2.45, 2.75) is 71.9 Å². The van der Waals surface area contributed by atoms with Gasteiger partial charge >= 0.3 is 0 Å². The third kappa shape index (κ3) is 8.34. The lowest BCUT2D eigenvalue weighted by atomic mass is 9.93. The van der Waals surface area contributed by atoms with Crippen molar-refractivity contribution in [3.05, 3.63) is 12.2 Å². The van der Waals surface area contributed by atoms with Crippen LogP contribution in [0.15, 0.2) is 12.2 Å². The Bertz CT molecular complexity index is 579. The summed E-state index contributed by atoms with van der Waals surface area (Å²) in [5.74, 6) is -0.194. The number of rotatable bonds is 9. The van der Waals surface area contributed by atoms with Crippen molar-refractivity contribution in [2.75, 3.05) is 26.7 Å². The molecule has 1 rings (SSSR count). The topological polar surface area (TPSA) is 119 Å². The highest BCUT2D eigenvalue weighted by Crippen LogP contribution is 2.19. The fourth-order valence-corrected chi connectivity index (χ4v) is 3.35. The molecule has 0 unspecified atom stereocenters. The van der Waals surface area contributed by atoms with Crippen LogP contribution in [0.3, 0.4) is 0 Å². The van der Waals surface area contributed by atoms with Crippen molar-refractivity contribution >= 4 is 11.8 Å². The Kier molecular flexibility index (Phi) is 10.4. The minimum atomic E-state index is -1.58. The maximum absolute atomic E-state index is 12.5. The summed E-state index contributed by atoms with van der Waals surface area (Å²) >= 11 is 0. The van der Waals surface area contributed by atoms with E-state index in [1.54, 1.807) is 6.08 Å². The molecule has 8 heteroatoms. The van der Waals surface area contributed by atoms with Crippen molar-refractivity contribution < 1.29 is 29.6 Å². The molecular weight excluding hydrogens is 388 g/mol. The Labute approximate surface area is 180 Å². The summed E-state index contributed by atoms with van der Waals surface area (Å²) in [5.41, 5.74) is -0.195. The molecule has 0 aromatic carbocycles. The summed E-state index contributed by atoms with van der Waals surface area (Å²) in [6.45, 7) is 11.3. The fraction of sp³-hybridized carbons (Fsp3) is 0.818. The van der Waals surface area contributed by atoms with Gasteiger partial charge in [0.05, 0.1) is 0 Å². The lowest BCUT2D eigenvalue weighted by Crippen LogP contribution is -2.52. The zero-order valence-electron chi connectivity index (χ0n) is 19.2. The van der Waals surface area contributed by atoms with Crippen LogP contribution in [0.5, 0.6) is 0 Å². The van der Waals surface area contributed by atoms with Crippen molar-refractivity contribution in [1.29, 1.82) is 0 Å². The van der Waals surface area contributed by atoms with Crippen LogP contribution in [0.1, 0.15) is 47.5 Å². The van der Waals surface area contributed by atoms with E-state index >= 15 is 0 Å². The number of piperidine rings is 1. The highest BCUT2D eigenvalue weighted by molar-refractivity contribution is 5.81. The van der Waals surface area contributed by atoms with Crippen LogP contribution in [0.4, 0.5) is 0 Å². The zero-order chi connectivity index (χ0) is 23.1. The van der Waals surface area contributed by atoms with Gasteiger partial charge in [0.15, 0.2) is 6.10 Å². The predicted octanol–water partition coefficient (Wildman–Crippen LogP) is 0.697. The number of methoxy groups -OCH3 is 1. The van der Waals surface area contributed by atoms with Gasteiger partial charge in [0.25, 0.3) is 5.91 Å². The second-order valence-electron chi connectivity index (χ2n) is 9.52. The summed E-state index contributed by atoms with van der Waals surface area (Å²) in [6.07, 6.45) is -1.07. The minimum Gasteiger partial charge on any atom is -0.387 e. The van der Waals surface area contributed by atoms with Crippen molar-refractivity contribution in [2.24, 2.45) is 17.3 Å². The molecule has 4 N–H and O–H groups in total. The van der Waals surface area contributed by atoms with Gasteiger partial charge in [-0.1, -0.05) is 46.8 Å². The molecule has 8 nitrogen and oxygen atoms in total. The molecule has 0 spiro atoms. The summed E-state index contributed by atoms with van der Waals surface area (Å²) in [5, 5.41) is 33.5. The molecule has 0 bridgehead atoms. The van der Waals surface area contributed by atoms with Crippen LogP contribution in [-0.2, 0) is 14.3 Å². The first-order valence-corrected chi connectivity index (χ1v) is 10.7. The maximum atomic E-state index is 12.5. The molecule has 0 aromatic heterocycles. The van der Waals surface area contributed by atoms with E-state index in [1.807, 2.05) is 39.5 Å². The monoisotopic (exact) mass is 428 g/mol. The first-order chi connectivity index (χ1) is 13.9. The second-order valence-corrected chi connectivity index (χ2v) is 9.52. The van der Waals surface area contributed by atoms with E-state index in [0.29, 0.717) is 19.6 Å². The Balaban J connectivity index is 2.54. The van der Waals surface area contributed by atoms with Crippen molar-refractivity contribution in [1.82, 2.24) is 10.2 Å². The zero-order valence-corrected chi connectivity index (χ0v) is 19.2. The van der Waals surface area contributed by atoms with Crippen LogP contribution in [0.2, 0.25) is 0 Å². The molecule has 174 valence electrons. The lowest BCUT2D eigenvalue weighted by molar-refractivity contribution is -0.149. The molecular formula is C22H40N2O6.